The third-order valence-corrected chi connectivity index (χ3v) is 5.44. The van der Waals surface area contributed by atoms with E-state index in [0.29, 0.717) is 11.6 Å². The lowest BCUT2D eigenvalue weighted by atomic mass is 9.85. The Hall–Kier alpha value is -1.14. The molecule has 21 heavy (non-hydrogen) atoms. The number of halogens is 1. The van der Waals surface area contributed by atoms with Crippen LogP contribution in [0.4, 0.5) is 5.69 Å². The topological polar surface area (TPSA) is 46.9 Å². The quantitative estimate of drug-likeness (QED) is 0.849. The van der Waals surface area contributed by atoms with Crippen molar-refractivity contribution in [3.63, 3.8) is 0 Å². The van der Waals surface area contributed by atoms with Gasteiger partial charge in [0.25, 0.3) is 5.56 Å². The minimum absolute atomic E-state index is 0.0255. The average Bonchev–Trinajstić information content (AvgIpc) is 2.93. The molecule has 0 unspecified atom stereocenters. The fourth-order valence-electron chi connectivity index (χ4n) is 2.44. The molecule has 2 heterocycles. The lowest BCUT2D eigenvalue weighted by molar-refractivity contribution is 0.262. The Morgan fingerprint density at radius 2 is 2.33 bits per heavy atom. The van der Waals surface area contributed by atoms with E-state index in [0.717, 1.165) is 24.0 Å². The minimum atomic E-state index is -0.0255. The molecular formula is C15H18BrN3OS. The molecule has 1 aliphatic carbocycles. The first kappa shape index (κ1) is 14.8. The summed E-state index contributed by atoms with van der Waals surface area (Å²) in [5.74, 6) is 0.621. The largest absolute Gasteiger partial charge is 0.379 e. The highest BCUT2D eigenvalue weighted by Crippen LogP contribution is 2.27. The summed E-state index contributed by atoms with van der Waals surface area (Å²) in [5.41, 5.74) is 0.600. The molecule has 1 fully saturated rings. The van der Waals surface area contributed by atoms with Gasteiger partial charge >= 0.3 is 0 Å². The maximum Gasteiger partial charge on any atom is 0.291 e. The molecule has 4 nitrogen and oxygen atoms in total. The van der Waals surface area contributed by atoms with E-state index in [1.807, 2.05) is 6.07 Å². The van der Waals surface area contributed by atoms with Crippen molar-refractivity contribution in [2.75, 3.05) is 11.9 Å². The fourth-order valence-corrected chi connectivity index (χ4v) is 3.55. The third-order valence-electron chi connectivity index (χ3n) is 3.91. The number of hydrogen-bond acceptors (Lipinski definition) is 4. The number of nitrogens with one attached hydrogen (secondary N) is 1. The van der Waals surface area contributed by atoms with Crippen molar-refractivity contribution in [3.05, 3.63) is 43.4 Å². The van der Waals surface area contributed by atoms with Crippen LogP contribution in [-0.2, 0) is 13.0 Å². The molecule has 0 amide bonds. The summed E-state index contributed by atoms with van der Waals surface area (Å²) >= 11 is 5.16. The maximum atomic E-state index is 12.5. The first-order chi connectivity index (χ1) is 10.2. The Morgan fingerprint density at radius 3 is 3.00 bits per heavy atom. The number of rotatable bonds is 6. The number of anilines is 1. The molecule has 0 bridgehead atoms. The zero-order valence-corrected chi connectivity index (χ0v) is 14.1. The van der Waals surface area contributed by atoms with E-state index >= 15 is 0 Å². The van der Waals surface area contributed by atoms with Gasteiger partial charge in [0.15, 0.2) is 0 Å². The van der Waals surface area contributed by atoms with Crippen molar-refractivity contribution in [2.24, 2.45) is 5.92 Å². The van der Waals surface area contributed by atoms with Gasteiger partial charge in [-0.3, -0.25) is 4.79 Å². The van der Waals surface area contributed by atoms with Crippen LogP contribution in [0.3, 0.4) is 0 Å². The zero-order chi connectivity index (χ0) is 14.7. The number of aromatic nitrogens is 2. The molecule has 0 saturated heterocycles. The van der Waals surface area contributed by atoms with Crippen LogP contribution in [0.2, 0.25) is 0 Å². The van der Waals surface area contributed by atoms with E-state index in [-0.39, 0.29) is 5.56 Å². The van der Waals surface area contributed by atoms with Gasteiger partial charge in [0.1, 0.15) is 5.69 Å². The molecule has 6 heteroatoms. The molecule has 0 atom stereocenters. The van der Waals surface area contributed by atoms with Gasteiger partial charge in [0.2, 0.25) is 0 Å². The molecule has 1 saturated carbocycles. The van der Waals surface area contributed by atoms with E-state index in [2.05, 4.69) is 37.8 Å². The Morgan fingerprint density at radius 1 is 1.48 bits per heavy atom. The van der Waals surface area contributed by atoms with Crippen LogP contribution in [0.1, 0.15) is 24.1 Å². The van der Waals surface area contributed by atoms with Gasteiger partial charge in [-0.05, 0) is 52.6 Å². The summed E-state index contributed by atoms with van der Waals surface area (Å²) in [6.07, 6.45) is 6.35. The highest BCUT2D eigenvalue weighted by atomic mass is 79.9. The van der Waals surface area contributed by atoms with Crippen LogP contribution in [0.5, 0.6) is 0 Å². The normalized spacial score (nSPS) is 14.9. The molecule has 1 N–H and O–H groups in total. The fraction of sp³-hybridized carbons (Fsp3) is 0.467. The van der Waals surface area contributed by atoms with Crippen LogP contribution in [0.15, 0.2) is 33.0 Å². The van der Waals surface area contributed by atoms with Crippen molar-refractivity contribution in [3.8, 4) is 0 Å². The van der Waals surface area contributed by atoms with Crippen LogP contribution >= 0.6 is 27.3 Å². The first-order valence-electron chi connectivity index (χ1n) is 7.26. The monoisotopic (exact) mass is 367 g/mol. The highest BCUT2D eigenvalue weighted by Gasteiger charge is 2.20. The van der Waals surface area contributed by atoms with E-state index < -0.39 is 0 Å². The molecule has 1 aliphatic rings. The second kappa shape index (κ2) is 6.75. The summed E-state index contributed by atoms with van der Waals surface area (Å²) in [5, 5.41) is 9.57. The maximum absolute atomic E-state index is 12.5. The van der Waals surface area contributed by atoms with Crippen molar-refractivity contribution < 1.29 is 0 Å². The summed E-state index contributed by atoms with van der Waals surface area (Å²) in [4.78, 5) is 13.8. The van der Waals surface area contributed by atoms with Gasteiger partial charge in [0, 0.05) is 18.0 Å². The smallest absolute Gasteiger partial charge is 0.291 e. The van der Waals surface area contributed by atoms with Crippen LogP contribution in [0, 0.1) is 5.92 Å². The van der Waals surface area contributed by atoms with Crippen LogP contribution in [-0.4, -0.2) is 16.3 Å². The van der Waals surface area contributed by atoms with Gasteiger partial charge in [0.05, 0.1) is 10.7 Å². The first-order valence-corrected chi connectivity index (χ1v) is 8.93. The molecule has 0 aliphatic heterocycles. The molecular weight excluding hydrogens is 350 g/mol. The zero-order valence-electron chi connectivity index (χ0n) is 11.7. The minimum Gasteiger partial charge on any atom is -0.379 e. The van der Waals surface area contributed by atoms with Crippen molar-refractivity contribution in [2.45, 2.75) is 32.2 Å². The van der Waals surface area contributed by atoms with Gasteiger partial charge in [-0.2, -0.15) is 5.10 Å². The molecule has 2 aromatic rings. The summed E-state index contributed by atoms with van der Waals surface area (Å²) in [6, 6.07) is 4.16. The van der Waals surface area contributed by atoms with E-state index in [9.17, 15) is 4.79 Å². The Bertz CT molecular complexity index is 649. The predicted octanol–water partition coefficient (Wildman–Crippen LogP) is 3.52. The summed E-state index contributed by atoms with van der Waals surface area (Å²) in [7, 11) is 0. The molecule has 3 rings (SSSR count). The Balaban J connectivity index is 1.67. The summed E-state index contributed by atoms with van der Waals surface area (Å²) < 4.78 is 2.34. The molecule has 112 valence electrons. The predicted molar refractivity (Wildman–Crippen MR) is 90.1 cm³/mol. The van der Waals surface area contributed by atoms with Crippen molar-refractivity contribution in [1.29, 1.82) is 0 Å². The van der Waals surface area contributed by atoms with E-state index in [1.165, 1.54) is 24.1 Å². The van der Waals surface area contributed by atoms with Gasteiger partial charge in [-0.1, -0.05) is 12.5 Å². The van der Waals surface area contributed by atoms with Gasteiger partial charge in [-0.25, -0.2) is 4.68 Å². The van der Waals surface area contributed by atoms with Crippen LogP contribution in [0.25, 0.3) is 0 Å². The standard InChI is InChI=1S/C15H18BrN3OS/c16-13-9-18-19(10-11-3-1-4-11)15(20)14(13)17-7-6-12-5-2-8-21-12/h2,5,8-9,11,17H,1,3-4,6-7,10H2. The van der Waals surface area contributed by atoms with Gasteiger partial charge < -0.3 is 5.32 Å². The second-order valence-corrected chi connectivity index (χ2v) is 7.29. The molecule has 0 aromatic carbocycles. The lowest BCUT2D eigenvalue weighted by Gasteiger charge is -2.25. The van der Waals surface area contributed by atoms with Crippen LogP contribution < -0.4 is 10.9 Å². The van der Waals surface area contributed by atoms with Gasteiger partial charge in [-0.15, -0.1) is 11.3 Å². The number of nitrogens with zero attached hydrogens (tertiary/aromatic N) is 2. The SMILES string of the molecule is O=c1c(NCCc2cccs2)c(Br)cnn1CC1CCC1. The third kappa shape index (κ3) is 3.55. The molecule has 0 radical (unpaired) electrons. The Kier molecular flexibility index (Phi) is 4.75. The Labute approximate surface area is 136 Å². The number of thiophene rings is 1. The highest BCUT2D eigenvalue weighted by molar-refractivity contribution is 9.10. The summed E-state index contributed by atoms with van der Waals surface area (Å²) in [6.45, 7) is 1.49. The molecule has 2 aromatic heterocycles. The van der Waals surface area contributed by atoms with E-state index in [4.69, 9.17) is 0 Å². The van der Waals surface area contributed by atoms with E-state index in [1.54, 1.807) is 22.2 Å². The molecule has 0 spiro atoms. The lowest BCUT2D eigenvalue weighted by Crippen LogP contribution is -2.31. The average molecular weight is 368 g/mol. The van der Waals surface area contributed by atoms with Crippen molar-refractivity contribution in [1.82, 2.24) is 9.78 Å². The van der Waals surface area contributed by atoms with Crippen molar-refractivity contribution >= 4 is 33.0 Å². The second-order valence-electron chi connectivity index (χ2n) is 5.41. The number of hydrogen-bond donors (Lipinski definition) is 1.